The average Bonchev–Trinajstić information content (AvgIpc) is 2.85. The first-order chi connectivity index (χ1) is 8.75. The van der Waals surface area contributed by atoms with Crippen LogP contribution in [0.15, 0.2) is 30.7 Å². The van der Waals surface area contributed by atoms with Crippen LogP contribution >= 0.6 is 24.8 Å². The molecule has 1 aliphatic heterocycles. The maximum absolute atomic E-state index is 12.4. The zero-order chi connectivity index (χ0) is 12.5. The van der Waals surface area contributed by atoms with Gasteiger partial charge in [0.2, 0.25) is 0 Å². The van der Waals surface area contributed by atoms with Gasteiger partial charge in [-0.15, -0.1) is 24.8 Å². The molecule has 1 N–H and O–H groups in total. The molecule has 3 rings (SSSR count). The van der Waals surface area contributed by atoms with Crippen LogP contribution in [0.1, 0.15) is 17.3 Å². The van der Waals surface area contributed by atoms with Crippen LogP contribution in [-0.4, -0.2) is 45.9 Å². The number of amides is 1. The van der Waals surface area contributed by atoms with E-state index in [-0.39, 0.29) is 36.8 Å². The van der Waals surface area contributed by atoms with E-state index < -0.39 is 0 Å². The standard InChI is InChI=1S/C13H16N4O.2ClH/c1-10-8-14-4-7-17(10)13(18)11-2-3-12-15-5-6-16(12)9-11;;/h2-3,5-6,9-10,14H,4,7-8H2,1H3;2*1H/t10-;;/m0../s1. The molecule has 5 nitrogen and oxygen atoms in total. The summed E-state index contributed by atoms with van der Waals surface area (Å²) in [7, 11) is 0. The predicted octanol–water partition coefficient (Wildman–Crippen LogP) is 1.61. The predicted molar refractivity (Wildman–Crippen MR) is 83.1 cm³/mol. The zero-order valence-corrected chi connectivity index (χ0v) is 12.8. The zero-order valence-electron chi connectivity index (χ0n) is 11.2. The van der Waals surface area contributed by atoms with Crippen LogP contribution in [-0.2, 0) is 0 Å². The second kappa shape index (κ2) is 6.92. The van der Waals surface area contributed by atoms with Gasteiger partial charge in [-0.05, 0) is 19.1 Å². The Balaban J connectivity index is 0.000001000. The van der Waals surface area contributed by atoms with Crippen molar-refractivity contribution >= 4 is 36.4 Å². The molecule has 110 valence electrons. The molecule has 0 saturated carbocycles. The second-order valence-corrected chi connectivity index (χ2v) is 4.66. The first-order valence-corrected chi connectivity index (χ1v) is 6.20. The Kier molecular flexibility index (Phi) is 5.80. The highest BCUT2D eigenvalue weighted by molar-refractivity contribution is 5.94. The Morgan fingerprint density at radius 2 is 2.20 bits per heavy atom. The lowest BCUT2D eigenvalue weighted by molar-refractivity contribution is 0.0655. The van der Waals surface area contributed by atoms with E-state index in [1.54, 1.807) is 6.20 Å². The summed E-state index contributed by atoms with van der Waals surface area (Å²) in [4.78, 5) is 18.5. The quantitative estimate of drug-likeness (QED) is 0.869. The van der Waals surface area contributed by atoms with E-state index in [2.05, 4.69) is 17.2 Å². The molecule has 0 radical (unpaired) electrons. The highest BCUT2D eigenvalue weighted by Gasteiger charge is 2.24. The van der Waals surface area contributed by atoms with Gasteiger partial charge < -0.3 is 14.6 Å². The number of imidazole rings is 1. The molecule has 1 fully saturated rings. The number of hydrogen-bond donors (Lipinski definition) is 1. The smallest absolute Gasteiger partial charge is 0.255 e. The van der Waals surface area contributed by atoms with E-state index in [4.69, 9.17) is 0 Å². The Bertz CT molecular complexity index is 587. The summed E-state index contributed by atoms with van der Waals surface area (Å²) in [6, 6.07) is 3.96. The van der Waals surface area contributed by atoms with Crippen molar-refractivity contribution in [2.24, 2.45) is 0 Å². The molecule has 20 heavy (non-hydrogen) atoms. The molecule has 0 spiro atoms. The highest BCUT2D eigenvalue weighted by Crippen LogP contribution is 2.11. The van der Waals surface area contributed by atoms with E-state index in [1.807, 2.05) is 33.8 Å². The van der Waals surface area contributed by atoms with Crippen LogP contribution < -0.4 is 5.32 Å². The molecule has 0 aromatic carbocycles. The molecule has 3 heterocycles. The lowest BCUT2D eigenvalue weighted by Gasteiger charge is -2.34. The number of carbonyl (C=O) groups excluding carboxylic acids is 1. The van der Waals surface area contributed by atoms with Gasteiger partial charge in [0.15, 0.2) is 0 Å². The topological polar surface area (TPSA) is 49.6 Å². The minimum Gasteiger partial charge on any atom is -0.333 e. The first-order valence-electron chi connectivity index (χ1n) is 6.20. The fourth-order valence-corrected chi connectivity index (χ4v) is 2.36. The molecule has 7 heteroatoms. The van der Waals surface area contributed by atoms with Crippen molar-refractivity contribution in [2.45, 2.75) is 13.0 Å². The molecular weight excluding hydrogens is 299 g/mol. The summed E-state index contributed by atoms with van der Waals surface area (Å²) in [5, 5.41) is 3.29. The Labute approximate surface area is 130 Å². The van der Waals surface area contributed by atoms with Gasteiger partial charge in [-0.25, -0.2) is 4.98 Å². The van der Waals surface area contributed by atoms with Crippen molar-refractivity contribution in [2.75, 3.05) is 19.6 Å². The van der Waals surface area contributed by atoms with Crippen LogP contribution in [0.5, 0.6) is 0 Å². The van der Waals surface area contributed by atoms with Gasteiger partial charge in [0.1, 0.15) is 5.65 Å². The molecular formula is C13H18Cl2N4O. The SMILES string of the molecule is C[C@H]1CNCCN1C(=O)c1ccc2nccn2c1.Cl.Cl. The Hall–Kier alpha value is -1.30. The van der Waals surface area contributed by atoms with Gasteiger partial charge in [-0.1, -0.05) is 0 Å². The van der Waals surface area contributed by atoms with Crippen molar-refractivity contribution in [3.63, 3.8) is 0 Å². The highest BCUT2D eigenvalue weighted by atomic mass is 35.5. The number of fused-ring (bicyclic) bond motifs is 1. The summed E-state index contributed by atoms with van der Waals surface area (Å²) in [6.45, 7) is 4.56. The summed E-state index contributed by atoms with van der Waals surface area (Å²) in [6.07, 6.45) is 5.43. The Morgan fingerprint density at radius 1 is 1.40 bits per heavy atom. The normalized spacial score (nSPS) is 18.2. The van der Waals surface area contributed by atoms with E-state index in [1.165, 1.54) is 0 Å². The van der Waals surface area contributed by atoms with E-state index >= 15 is 0 Å². The third kappa shape index (κ3) is 3.06. The minimum absolute atomic E-state index is 0. The van der Waals surface area contributed by atoms with E-state index in [0.29, 0.717) is 5.56 Å². The van der Waals surface area contributed by atoms with Crippen LogP contribution in [0.3, 0.4) is 0 Å². The second-order valence-electron chi connectivity index (χ2n) is 4.66. The van der Waals surface area contributed by atoms with E-state index in [0.717, 1.165) is 25.3 Å². The fourth-order valence-electron chi connectivity index (χ4n) is 2.36. The number of nitrogens with zero attached hydrogens (tertiary/aromatic N) is 3. The fraction of sp³-hybridized carbons (Fsp3) is 0.385. The first kappa shape index (κ1) is 16.8. The van der Waals surface area contributed by atoms with Gasteiger partial charge in [-0.2, -0.15) is 0 Å². The number of aromatic nitrogens is 2. The van der Waals surface area contributed by atoms with Crippen molar-refractivity contribution in [3.8, 4) is 0 Å². The van der Waals surface area contributed by atoms with Crippen LogP contribution in [0.25, 0.3) is 5.65 Å². The van der Waals surface area contributed by atoms with Crippen molar-refractivity contribution in [1.29, 1.82) is 0 Å². The lowest BCUT2D eigenvalue weighted by atomic mass is 10.1. The Morgan fingerprint density at radius 3 is 2.95 bits per heavy atom. The summed E-state index contributed by atoms with van der Waals surface area (Å²) >= 11 is 0. The number of hydrogen-bond acceptors (Lipinski definition) is 3. The molecule has 2 aromatic heterocycles. The number of piperazine rings is 1. The van der Waals surface area contributed by atoms with E-state index in [9.17, 15) is 4.79 Å². The van der Waals surface area contributed by atoms with Crippen LogP contribution in [0.4, 0.5) is 0 Å². The molecule has 2 aromatic rings. The molecule has 0 unspecified atom stereocenters. The van der Waals surface area contributed by atoms with Gasteiger partial charge in [0, 0.05) is 44.3 Å². The van der Waals surface area contributed by atoms with Gasteiger partial charge >= 0.3 is 0 Å². The van der Waals surface area contributed by atoms with Crippen LogP contribution in [0, 0.1) is 0 Å². The molecule has 0 aliphatic carbocycles. The number of nitrogens with one attached hydrogen (secondary N) is 1. The molecule has 1 amide bonds. The number of rotatable bonds is 1. The van der Waals surface area contributed by atoms with Crippen molar-refractivity contribution in [3.05, 3.63) is 36.3 Å². The third-order valence-electron chi connectivity index (χ3n) is 3.40. The largest absolute Gasteiger partial charge is 0.333 e. The average molecular weight is 317 g/mol. The van der Waals surface area contributed by atoms with Gasteiger partial charge in [-0.3, -0.25) is 4.79 Å². The number of carbonyl (C=O) groups is 1. The molecule has 1 aliphatic rings. The number of halogens is 2. The molecule has 0 bridgehead atoms. The minimum atomic E-state index is 0. The van der Waals surface area contributed by atoms with Crippen molar-refractivity contribution < 1.29 is 4.79 Å². The number of pyridine rings is 1. The lowest BCUT2D eigenvalue weighted by Crippen LogP contribution is -2.52. The maximum atomic E-state index is 12.4. The maximum Gasteiger partial charge on any atom is 0.255 e. The van der Waals surface area contributed by atoms with Crippen molar-refractivity contribution in [1.82, 2.24) is 19.6 Å². The summed E-state index contributed by atoms with van der Waals surface area (Å²) in [5.41, 5.74) is 1.58. The third-order valence-corrected chi connectivity index (χ3v) is 3.40. The van der Waals surface area contributed by atoms with Crippen LogP contribution in [0.2, 0.25) is 0 Å². The van der Waals surface area contributed by atoms with Gasteiger partial charge in [0.05, 0.1) is 5.56 Å². The molecule has 1 atom stereocenters. The summed E-state index contributed by atoms with van der Waals surface area (Å²) in [5.74, 6) is 0.0969. The van der Waals surface area contributed by atoms with Gasteiger partial charge in [0.25, 0.3) is 5.91 Å². The monoisotopic (exact) mass is 316 g/mol. The molecule has 1 saturated heterocycles. The summed E-state index contributed by atoms with van der Waals surface area (Å²) < 4.78 is 1.88.